The van der Waals surface area contributed by atoms with Gasteiger partial charge in [0, 0.05) is 23.0 Å². The summed E-state index contributed by atoms with van der Waals surface area (Å²) in [7, 11) is 1.64. The van der Waals surface area contributed by atoms with E-state index in [0.29, 0.717) is 10.2 Å². The van der Waals surface area contributed by atoms with E-state index in [1.807, 2.05) is 17.5 Å². The molecule has 0 spiro atoms. The molecule has 0 amide bonds. The standard InChI is InChI=1S/C15H18ClN3O4S/c1-19(17-6-12(21)14(23)13(22)7-20)15-18-11(8-24-15)9-2-4-10(16)5-3-9/h2-6,8,12-14,20-23H,7H2,1H3/b17-6-/t12-,13-,14+/m0/s1. The molecule has 3 atom stereocenters. The van der Waals surface area contributed by atoms with Crippen LogP contribution >= 0.6 is 22.9 Å². The number of hydrogen-bond acceptors (Lipinski definition) is 8. The van der Waals surface area contributed by atoms with Crippen LogP contribution in [0.4, 0.5) is 5.13 Å². The predicted molar refractivity (Wildman–Crippen MR) is 94.6 cm³/mol. The van der Waals surface area contributed by atoms with E-state index in [1.54, 1.807) is 19.2 Å². The van der Waals surface area contributed by atoms with Crippen molar-refractivity contribution in [2.75, 3.05) is 18.7 Å². The van der Waals surface area contributed by atoms with Crippen LogP contribution in [0.1, 0.15) is 0 Å². The van der Waals surface area contributed by atoms with Gasteiger partial charge in [0.1, 0.15) is 18.3 Å². The molecule has 7 nitrogen and oxygen atoms in total. The second-order valence-corrected chi connectivity index (χ2v) is 6.31. The number of hydrogen-bond donors (Lipinski definition) is 4. The van der Waals surface area contributed by atoms with E-state index in [1.165, 1.54) is 16.3 Å². The third kappa shape index (κ3) is 4.73. The Morgan fingerprint density at radius 2 is 1.96 bits per heavy atom. The third-order valence-electron chi connectivity index (χ3n) is 3.23. The van der Waals surface area contributed by atoms with E-state index in [2.05, 4.69) is 10.1 Å². The minimum Gasteiger partial charge on any atom is -0.394 e. The molecule has 1 heterocycles. The van der Waals surface area contributed by atoms with Gasteiger partial charge in [0.15, 0.2) is 0 Å². The van der Waals surface area contributed by atoms with Gasteiger partial charge in [-0.25, -0.2) is 9.99 Å². The molecule has 0 saturated carbocycles. The van der Waals surface area contributed by atoms with Crippen molar-refractivity contribution < 1.29 is 20.4 Å². The molecule has 24 heavy (non-hydrogen) atoms. The number of thiazole rings is 1. The second-order valence-electron chi connectivity index (χ2n) is 5.04. The van der Waals surface area contributed by atoms with Gasteiger partial charge in [0.25, 0.3) is 0 Å². The van der Waals surface area contributed by atoms with Crippen LogP contribution in [0, 0.1) is 0 Å². The van der Waals surface area contributed by atoms with Crippen LogP contribution < -0.4 is 5.01 Å². The average molecular weight is 372 g/mol. The normalized spacial score (nSPS) is 15.4. The topological polar surface area (TPSA) is 109 Å². The predicted octanol–water partition coefficient (Wildman–Crippen LogP) is 0.960. The summed E-state index contributed by atoms with van der Waals surface area (Å²) in [6.45, 7) is -0.654. The molecule has 1 aromatic heterocycles. The van der Waals surface area contributed by atoms with E-state index < -0.39 is 24.9 Å². The summed E-state index contributed by atoms with van der Waals surface area (Å²) >= 11 is 7.22. The van der Waals surface area contributed by atoms with E-state index in [4.69, 9.17) is 16.7 Å². The number of aliphatic hydroxyl groups excluding tert-OH is 4. The van der Waals surface area contributed by atoms with Crippen molar-refractivity contribution in [1.82, 2.24) is 4.98 Å². The van der Waals surface area contributed by atoms with Crippen LogP contribution in [0.2, 0.25) is 5.02 Å². The van der Waals surface area contributed by atoms with Gasteiger partial charge in [-0.3, -0.25) is 0 Å². The first kappa shape index (κ1) is 18.8. The molecule has 0 aliphatic rings. The van der Waals surface area contributed by atoms with Crippen molar-refractivity contribution in [3.05, 3.63) is 34.7 Å². The molecular weight excluding hydrogens is 354 g/mol. The number of anilines is 1. The van der Waals surface area contributed by atoms with Crippen LogP contribution in [0.25, 0.3) is 11.3 Å². The molecule has 0 bridgehead atoms. The first-order valence-corrected chi connectivity index (χ1v) is 8.32. The lowest BCUT2D eigenvalue weighted by molar-refractivity contribution is -0.0541. The summed E-state index contributed by atoms with van der Waals surface area (Å²) in [6, 6.07) is 7.28. The van der Waals surface area contributed by atoms with Crippen molar-refractivity contribution >= 4 is 34.3 Å². The van der Waals surface area contributed by atoms with Crippen molar-refractivity contribution in [1.29, 1.82) is 0 Å². The van der Waals surface area contributed by atoms with Crippen molar-refractivity contribution in [3.63, 3.8) is 0 Å². The summed E-state index contributed by atoms with van der Waals surface area (Å²) in [5.74, 6) is 0. The van der Waals surface area contributed by atoms with Gasteiger partial charge in [-0.2, -0.15) is 5.10 Å². The number of rotatable bonds is 7. The maximum absolute atomic E-state index is 9.70. The molecule has 4 N–H and O–H groups in total. The Morgan fingerprint density at radius 1 is 1.29 bits per heavy atom. The lowest BCUT2D eigenvalue weighted by atomic mass is 10.1. The molecule has 9 heteroatoms. The lowest BCUT2D eigenvalue weighted by Crippen LogP contribution is -2.40. The molecule has 2 rings (SSSR count). The van der Waals surface area contributed by atoms with Crippen molar-refractivity contribution in [2.45, 2.75) is 18.3 Å². The highest BCUT2D eigenvalue weighted by atomic mass is 35.5. The number of halogens is 1. The lowest BCUT2D eigenvalue weighted by Gasteiger charge is -2.18. The highest BCUT2D eigenvalue weighted by molar-refractivity contribution is 7.14. The number of hydrazone groups is 1. The molecule has 0 saturated heterocycles. The zero-order valence-electron chi connectivity index (χ0n) is 12.8. The largest absolute Gasteiger partial charge is 0.394 e. The first-order valence-electron chi connectivity index (χ1n) is 7.06. The Labute approximate surface area is 148 Å². The molecule has 130 valence electrons. The smallest absolute Gasteiger partial charge is 0.206 e. The third-order valence-corrected chi connectivity index (χ3v) is 4.39. The zero-order valence-corrected chi connectivity index (χ0v) is 14.4. The van der Waals surface area contributed by atoms with Crippen LogP contribution in [-0.4, -0.2) is 63.6 Å². The van der Waals surface area contributed by atoms with E-state index >= 15 is 0 Å². The maximum atomic E-state index is 9.70. The van der Waals surface area contributed by atoms with Gasteiger partial charge in [0.2, 0.25) is 5.13 Å². The van der Waals surface area contributed by atoms with Crippen molar-refractivity contribution in [2.24, 2.45) is 5.10 Å². The van der Waals surface area contributed by atoms with Crippen LogP contribution in [-0.2, 0) is 0 Å². The summed E-state index contributed by atoms with van der Waals surface area (Å²) in [6.07, 6.45) is -3.29. The molecule has 0 unspecified atom stereocenters. The zero-order chi connectivity index (χ0) is 17.7. The molecule has 0 aliphatic carbocycles. The fraction of sp³-hybridized carbons (Fsp3) is 0.333. The molecule has 0 aliphatic heterocycles. The van der Waals surface area contributed by atoms with Crippen LogP contribution in [0.5, 0.6) is 0 Å². The van der Waals surface area contributed by atoms with Gasteiger partial charge < -0.3 is 20.4 Å². The van der Waals surface area contributed by atoms with Crippen molar-refractivity contribution in [3.8, 4) is 11.3 Å². The number of aromatic nitrogens is 1. The second kappa shape index (κ2) is 8.52. The summed E-state index contributed by atoms with van der Waals surface area (Å²) in [5, 5.41) is 45.8. The molecule has 1 aromatic carbocycles. The highest BCUT2D eigenvalue weighted by Crippen LogP contribution is 2.27. The van der Waals surface area contributed by atoms with E-state index in [-0.39, 0.29) is 0 Å². The highest BCUT2D eigenvalue weighted by Gasteiger charge is 2.22. The summed E-state index contributed by atoms with van der Waals surface area (Å²) in [4.78, 5) is 4.44. The average Bonchev–Trinajstić information content (AvgIpc) is 3.08. The fourth-order valence-corrected chi connectivity index (χ4v) is 2.69. The number of benzene rings is 1. The van der Waals surface area contributed by atoms with Crippen LogP contribution in [0.3, 0.4) is 0 Å². The summed E-state index contributed by atoms with van der Waals surface area (Å²) < 4.78 is 0. The molecule has 2 aromatic rings. The Hall–Kier alpha value is -1.55. The molecule has 0 fully saturated rings. The first-order chi connectivity index (χ1) is 11.4. The number of aliphatic hydroxyl groups is 4. The summed E-state index contributed by atoms with van der Waals surface area (Å²) in [5.41, 5.74) is 1.69. The van der Waals surface area contributed by atoms with Gasteiger partial charge >= 0.3 is 0 Å². The minimum atomic E-state index is -1.52. The van der Waals surface area contributed by atoms with Gasteiger partial charge in [-0.05, 0) is 12.1 Å². The van der Waals surface area contributed by atoms with E-state index in [9.17, 15) is 15.3 Å². The quantitative estimate of drug-likeness (QED) is 0.426. The van der Waals surface area contributed by atoms with Gasteiger partial charge in [-0.15, -0.1) is 11.3 Å². The fourth-order valence-electron chi connectivity index (χ4n) is 1.81. The Balaban J connectivity index is 2.04. The van der Waals surface area contributed by atoms with Gasteiger partial charge in [-0.1, -0.05) is 23.7 Å². The molecular formula is C15H18ClN3O4S. The minimum absolute atomic E-state index is 0.584. The SMILES string of the molecule is CN(/N=C\[C@H](O)[C@@H](O)[C@@H](O)CO)c1nc(-c2ccc(Cl)cc2)cs1. The van der Waals surface area contributed by atoms with Crippen LogP contribution in [0.15, 0.2) is 34.7 Å². The maximum Gasteiger partial charge on any atom is 0.206 e. The van der Waals surface area contributed by atoms with Gasteiger partial charge in [0.05, 0.1) is 18.5 Å². The Kier molecular flexibility index (Phi) is 6.67. The Bertz CT molecular complexity index is 680. The number of nitrogens with zero attached hydrogens (tertiary/aromatic N) is 3. The monoisotopic (exact) mass is 371 g/mol. The molecule has 0 radical (unpaired) electrons. The Morgan fingerprint density at radius 3 is 2.58 bits per heavy atom. The van der Waals surface area contributed by atoms with E-state index in [0.717, 1.165) is 17.5 Å².